The number of piperidine rings is 1. The molecule has 1 aromatic carbocycles. The Kier molecular flexibility index (Phi) is 4.16. The van der Waals surface area contributed by atoms with E-state index in [4.69, 9.17) is 0 Å². The van der Waals surface area contributed by atoms with E-state index in [0.717, 1.165) is 0 Å². The summed E-state index contributed by atoms with van der Waals surface area (Å²) in [6.45, 7) is 1.01. The molecule has 1 aliphatic rings. The van der Waals surface area contributed by atoms with Crippen LogP contribution in [0.15, 0.2) is 22.7 Å². The van der Waals surface area contributed by atoms with Crippen LogP contribution in [0.5, 0.6) is 0 Å². The van der Waals surface area contributed by atoms with Gasteiger partial charge in [-0.05, 0) is 34.8 Å². The summed E-state index contributed by atoms with van der Waals surface area (Å²) in [6, 6.07) is 4.10. The van der Waals surface area contributed by atoms with Crippen LogP contribution in [-0.4, -0.2) is 40.0 Å². The molecular weight excluding hydrogens is 316 g/mol. The average molecular weight is 329 g/mol. The number of aliphatic hydroxyl groups excluding tert-OH is 1. The molecule has 0 aromatic heterocycles. The summed E-state index contributed by atoms with van der Waals surface area (Å²) in [6.07, 6.45) is 0.788. The van der Waals surface area contributed by atoms with Crippen LogP contribution in [0.2, 0.25) is 0 Å². The van der Waals surface area contributed by atoms with Crippen LogP contribution in [0.25, 0.3) is 0 Å². The summed E-state index contributed by atoms with van der Waals surface area (Å²) >= 11 is 3.19. The third-order valence-electron chi connectivity index (χ3n) is 3.15. The number of benzene rings is 1. The number of aliphatic hydroxyl groups is 1. The number of nitro benzene ring substituents is 1. The predicted octanol–water partition coefficient (Wildman–Crippen LogP) is 1.95. The highest BCUT2D eigenvalue weighted by molar-refractivity contribution is 9.10. The molecule has 102 valence electrons. The molecule has 19 heavy (non-hydrogen) atoms. The molecule has 1 saturated heterocycles. The normalized spacial score (nSPS) is 16.4. The molecule has 0 aliphatic carbocycles. The number of carbonyl (C=O) groups is 1. The van der Waals surface area contributed by atoms with Crippen LogP contribution in [0.1, 0.15) is 23.2 Å². The highest BCUT2D eigenvalue weighted by Gasteiger charge is 2.24. The van der Waals surface area contributed by atoms with E-state index >= 15 is 0 Å². The topological polar surface area (TPSA) is 83.7 Å². The van der Waals surface area contributed by atoms with Crippen LogP contribution in [0.4, 0.5) is 5.69 Å². The maximum Gasteiger partial charge on any atom is 0.270 e. The lowest BCUT2D eigenvalue weighted by atomic mass is 10.1. The van der Waals surface area contributed by atoms with Gasteiger partial charge < -0.3 is 10.0 Å². The van der Waals surface area contributed by atoms with E-state index in [1.807, 2.05) is 0 Å². The van der Waals surface area contributed by atoms with Gasteiger partial charge in [-0.25, -0.2) is 0 Å². The fraction of sp³-hybridized carbons (Fsp3) is 0.417. The molecule has 0 saturated carbocycles. The van der Waals surface area contributed by atoms with Gasteiger partial charge in [-0.2, -0.15) is 0 Å². The Morgan fingerprint density at radius 1 is 1.42 bits per heavy atom. The molecule has 0 spiro atoms. The minimum Gasteiger partial charge on any atom is -0.393 e. The maximum atomic E-state index is 12.3. The first-order valence-corrected chi connectivity index (χ1v) is 6.69. The fourth-order valence-electron chi connectivity index (χ4n) is 2.03. The lowest BCUT2D eigenvalue weighted by molar-refractivity contribution is -0.384. The third kappa shape index (κ3) is 3.10. The number of amides is 1. The van der Waals surface area contributed by atoms with E-state index < -0.39 is 4.92 Å². The molecule has 1 heterocycles. The number of carbonyl (C=O) groups excluding carboxylic acids is 1. The van der Waals surface area contributed by atoms with Crippen LogP contribution >= 0.6 is 15.9 Å². The summed E-state index contributed by atoms with van der Waals surface area (Å²) in [5, 5.41) is 20.0. The minimum atomic E-state index is -0.504. The lowest BCUT2D eigenvalue weighted by Gasteiger charge is -2.29. The molecule has 1 N–H and O–H groups in total. The number of nitrogens with zero attached hydrogens (tertiary/aromatic N) is 2. The van der Waals surface area contributed by atoms with Gasteiger partial charge >= 0.3 is 0 Å². The number of likely N-dealkylation sites (tertiary alicyclic amines) is 1. The van der Waals surface area contributed by atoms with Gasteiger partial charge in [-0.3, -0.25) is 14.9 Å². The van der Waals surface area contributed by atoms with Crippen LogP contribution in [-0.2, 0) is 0 Å². The molecule has 6 nitrogen and oxygen atoms in total. The van der Waals surface area contributed by atoms with Crippen LogP contribution < -0.4 is 0 Å². The van der Waals surface area contributed by atoms with E-state index in [-0.39, 0.29) is 17.7 Å². The van der Waals surface area contributed by atoms with Gasteiger partial charge in [-0.15, -0.1) is 0 Å². The number of non-ortho nitro benzene ring substituents is 1. The molecule has 0 unspecified atom stereocenters. The Balaban J connectivity index is 2.17. The molecular formula is C12H13BrN2O4. The van der Waals surface area contributed by atoms with E-state index in [1.54, 1.807) is 4.90 Å². The van der Waals surface area contributed by atoms with Crippen molar-refractivity contribution in [3.8, 4) is 0 Å². The Labute approximate surface area is 118 Å². The first kappa shape index (κ1) is 14.0. The zero-order chi connectivity index (χ0) is 14.0. The second-order valence-corrected chi connectivity index (χ2v) is 5.30. The van der Waals surface area contributed by atoms with Crippen molar-refractivity contribution in [3.05, 3.63) is 38.3 Å². The molecule has 2 rings (SSSR count). The van der Waals surface area contributed by atoms with Gasteiger partial charge in [-0.1, -0.05) is 0 Å². The zero-order valence-corrected chi connectivity index (χ0v) is 11.7. The van der Waals surface area contributed by atoms with Gasteiger partial charge in [0.25, 0.3) is 11.6 Å². The lowest BCUT2D eigenvalue weighted by Crippen LogP contribution is -2.40. The van der Waals surface area contributed by atoms with Crippen molar-refractivity contribution < 1.29 is 14.8 Å². The largest absolute Gasteiger partial charge is 0.393 e. The highest BCUT2D eigenvalue weighted by Crippen LogP contribution is 2.25. The molecule has 1 fully saturated rings. The maximum absolute atomic E-state index is 12.3. The van der Waals surface area contributed by atoms with Gasteiger partial charge in [0.1, 0.15) is 0 Å². The quantitative estimate of drug-likeness (QED) is 0.664. The van der Waals surface area contributed by atoms with Crippen molar-refractivity contribution in [2.75, 3.05) is 13.1 Å². The van der Waals surface area contributed by atoms with Crippen LogP contribution in [0, 0.1) is 10.1 Å². The van der Waals surface area contributed by atoms with Crippen molar-refractivity contribution in [3.63, 3.8) is 0 Å². The number of halogens is 1. The van der Waals surface area contributed by atoms with Crippen molar-refractivity contribution in [1.29, 1.82) is 0 Å². The Hall–Kier alpha value is -1.47. The minimum absolute atomic E-state index is 0.0579. The van der Waals surface area contributed by atoms with E-state index in [2.05, 4.69) is 15.9 Å². The molecule has 1 amide bonds. The van der Waals surface area contributed by atoms with Crippen molar-refractivity contribution in [1.82, 2.24) is 4.90 Å². The molecule has 7 heteroatoms. The highest BCUT2D eigenvalue weighted by atomic mass is 79.9. The van der Waals surface area contributed by atoms with Crippen molar-refractivity contribution >= 4 is 27.5 Å². The van der Waals surface area contributed by atoms with E-state index in [1.165, 1.54) is 18.2 Å². The standard InChI is InChI=1S/C12H13BrN2O4/c13-11-7-8(15(18)19)1-2-10(11)12(17)14-5-3-9(16)4-6-14/h1-2,7,9,16H,3-6H2. The summed E-state index contributed by atoms with van der Waals surface area (Å²) in [7, 11) is 0. The summed E-state index contributed by atoms with van der Waals surface area (Å²) in [5.41, 5.74) is 0.347. The average Bonchev–Trinajstić information content (AvgIpc) is 2.38. The smallest absolute Gasteiger partial charge is 0.270 e. The first-order chi connectivity index (χ1) is 8.99. The van der Waals surface area contributed by atoms with E-state index in [9.17, 15) is 20.0 Å². The molecule has 1 aromatic rings. The van der Waals surface area contributed by atoms with Crippen molar-refractivity contribution in [2.45, 2.75) is 18.9 Å². The molecule has 1 aliphatic heterocycles. The van der Waals surface area contributed by atoms with E-state index in [0.29, 0.717) is 36.0 Å². The summed E-state index contributed by atoms with van der Waals surface area (Å²) in [5.74, 6) is -0.173. The van der Waals surface area contributed by atoms with Gasteiger partial charge in [0.05, 0.1) is 16.6 Å². The molecule has 0 atom stereocenters. The van der Waals surface area contributed by atoms with Crippen LogP contribution in [0.3, 0.4) is 0 Å². The van der Waals surface area contributed by atoms with Crippen molar-refractivity contribution in [2.24, 2.45) is 0 Å². The molecule has 0 radical (unpaired) electrons. The Morgan fingerprint density at radius 2 is 2.05 bits per heavy atom. The Morgan fingerprint density at radius 3 is 2.58 bits per heavy atom. The van der Waals surface area contributed by atoms with Gasteiger partial charge in [0.15, 0.2) is 0 Å². The third-order valence-corrected chi connectivity index (χ3v) is 3.80. The predicted molar refractivity (Wildman–Crippen MR) is 71.9 cm³/mol. The summed E-state index contributed by atoms with van der Waals surface area (Å²) < 4.78 is 0.415. The number of hydrogen-bond acceptors (Lipinski definition) is 4. The number of hydrogen-bond donors (Lipinski definition) is 1. The summed E-state index contributed by atoms with van der Waals surface area (Å²) in [4.78, 5) is 24.0. The number of nitro groups is 1. The second kappa shape index (κ2) is 5.66. The SMILES string of the molecule is O=C(c1ccc([N+](=O)[O-])cc1Br)N1CCC(O)CC1. The first-order valence-electron chi connectivity index (χ1n) is 5.90. The van der Waals surface area contributed by atoms with Gasteiger partial charge in [0.2, 0.25) is 0 Å². The Bertz CT molecular complexity index is 512. The second-order valence-electron chi connectivity index (χ2n) is 4.44. The number of rotatable bonds is 2. The fourth-order valence-corrected chi connectivity index (χ4v) is 2.57. The zero-order valence-electron chi connectivity index (χ0n) is 10.1. The molecule has 0 bridgehead atoms. The monoisotopic (exact) mass is 328 g/mol. The van der Waals surface area contributed by atoms with Gasteiger partial charge in [0, 0.05) is 29.7 Å².